The van der Waals surface area contributed by atoms with Crippen LogP contribution < -0.4 is 0 Å². The summed E-state index contributed by atoms with van der Waals surface area (Å²) in [5.74, 6) is -0.784. The van der Waals surface area contributed by atoms with E-state index in [1.165, 1.54) is 11.3 Å². The Balaban J connectivity index is 2.02. The molecule has 0 radical (unpaired) electrons. The lowest BCUT2D eigenvalue weighted by atomic mass is 10.1. The van der Waals surface area contributed by atoms with Crippen molar-refractivity contribution in [3.05, 3.63) is 34.7 Å². The summed E-state index contributed by atoms with van der Waals surface area (Å²) in [5, 5.41) is 10.3. The van der Waals surface area contributed by atoms with Crippen molar-refractivity contribution in [2.45, 2.75) is 25.8 Å². The highest BCUT2D eigenvalue weighted by Gasteiger charge is 2.23. The third kappa shape index (κ3) is 2.29. The van der Waals surface area contributed by atoms with Gasteiger partial charge in [-0.15, -0.1) is 11.3 Å². The van der Waals surface area contributed by atoms with Crippen molar-refractivity contribution in [3.8, 4) is 0 Å². The molecule has 2 aromatic rings. The molecule has 1 aromatic heterocycles. The molecule has 1 aliphatic rings. The molecule has 1 saturated heterocycles. The molecule has 1 aromatic carbocycles. The first-order valence-electron chi connectivity index (χ1n) is 6.68. The number of carboxylic acids is 1. The highest BCUT2D eigenvalue weighted by Crippen LogP contribution is 2.32. The standard InChI is InChI=1S/C15H15NO3S/c17-13-7-3-4-8-16(13)9-11-10-5-1-2-6-12(10)20-14(11)15(18)19/h1-2,5-6H,3-4,7-9H2,(H,18,19). The predicted molar refractivity (Wildman–Crippen MR) is 78.1 cm³/mol. The SMILES string of the molecule is O=C(O)c1sc2ccccc2c1CN1CCCCC1=O. The Morgan fingerprint density at radius 1 is 1.30 bits per heavy atom. The van der Waals surface area contributed by atoms with E-state index < -0.39 is 5.97 Å². The molecule has 0 atom stereocenters. The Kier molecular flexibility index (Phi) is 3.44. The number of piperidine rings is 1. The summed E-state index contributed by atoms with van der Waals surface area (Å²) in [6.45, 7) is 1.13. The highest BCUT2D eigenvalue weighted by molar-refractivity contribution is 7.21. The molecular formula is C15H15NO3S. The summed E-state index contributed by atoms with van der Waals surface area (Å²) in [7, 11) is 0. The minimum absolute atomic E-state index is 0.128. The summed E-state index contributed by atoms with van der Waals surface area (Å²) < 4.78 is 0.962. The van der Waals surface area contributed by atoms with E-state index in [1.807, 2.05) is 24.3 Å². The summed E-state index contributed by atoms with van der Waals surface area (Å²) in [5.41, 5.74) is 0.772. The fraction of sp³-hybridized carbons (Fsp3) is 0.333. The smallest absolute Gasteiger partial charge is 0.346 e. The average Bonchev–Trinajstić information content (AvgIpc) is 2.81. The Hall–Kier alpha value is -1.88. The van der Waals surface area contributed by atoms with Crippen molar-refractivity contribution in [3.63, 3.8) is 0 Å². The van der Waals surface area contributed by atoms with Crippen LogP contribution >= 0.6 is 11.3 Å². The number of carbonyl (C=O) groups is 2. The third-order valence-corrected chi connectivity index (χ3v) is 4.86. The number of benzene rings is 1. The summed E-state index contributed by atoms with van der Waals surface area (Å²) in [4.78, 5) is 25.5. The number of amides is 1. The van der Waals surface area contributed by atoms with E-state index in [2.05, 4.69) is 0 Å². The number of thiophene rings is 1. The predicted octanol–water partition coefficient (Wildman–Crippen LogP) is 3.11. The van der Waals surface area contributed by atoms with Crippen LogP contribution in [0.3, 0.4) is 0 Å². The van der Waals surface area contributed by atoms with Gasteiger partial charge < -0.3 is 10.0 Å². The number of hydrogen-bond acceptors (Lipinski definition) is 3. The lowest BCUT2D eigenvalue weighted by Crippen LogP contribution is -2.34. The normalized spacial score (nSPS) is 15.8. The fourth-order valence-electron chi connectivity index (χ4n) is 2.65. The Morgan fingerprint density at radius 3 is 2.85 bits per heavy atom. The van der Waals surface area contributed by atoms with Crippen molar-refractivity contribution < 1.29 is 14.7 Å². The van der Waals surface area contributed by atoms with Gasteiger partial charge in [0.1, 0.15) is 4.88 Å². The van der Waals surface area contributed by atoms with Crippen LogP contribution in [-0.4, -0.2) is 28.4 Å². The molecule has 0 aliphatic carbocycles. The van der Waals surface area contributed by atoms with Crippen molar-refractivity contribution in [2.75, 3.05) is 6.54 Å². The van der Waals surface area contributed by atoms with Crippen LogP contribution in [0.1, 0.15) is 34.5 Å². The van der Waals surface area contributed by atoms with Gasteiger partial charge in [-0.1, -0.05) is 18.2 Å². The zero-order chi connectivity index (χ0) is 14.1. The zero-order valence-corrected chi connectivity index (χ0v) is 11.8. The second-order valence-corrected chi connectivity index (χ2v) is 6.04. The van der Waals surface area contributed by atoms with Gasteiger partial charge in [0.15, 0.2) is 0 Å². The van der Waals surface area contributed by atoms with Crippen LogP contribution in [0.4, 0.5) is 0 Å². The summed E-state index contributed by atoms with van der Waals surface area (Å²) >= 11 is 1.28. The maximum atomic E-state index is 11.9. The molecule has 4 nitrogen and oxygen atoms in total. The molecule has 1 amide bonds. The quantitative estimate of drug-likeness (QED) is 0.944. The Morgan fingerprint density at radius 2 is 2.10 bits per heavy atom. The van der Waals surface area contributed by atoms with E-state index in [0.29, 0.717) is 17.8 Å². The van der Waals surface area contributed by atoms with Crippen LogP contribution in [0.5, 0.6) is 0 Å². The molecule has 0 spiro atoms. The number of likely N-dealkylation sites (tertiary alicyclic amines) is 1. The van der Waals surface area contributed by atoms with E-state index in [4.69, 9.17) is 0 Å². The van der Waals surface area contributed by atoms with Gasteiger partial charge >= 0.3 is 5.97 Å². The molecule has 1 aliphatic heterocycles. The van der Waals surface area contributed by atoms with Gasteiger partial charge in [0.25, 0.3) is 0 Å². The fourth-order valence-corrected chi connectivity index (χ4v) is 3.70. The molecule has 0 unspecified atom stereocenters. The number of hydrogen-bond donors (Lipinski definition) is 1. The van der Waals surface area contributed by atoms with Crippen LogP contribution in [0.15, 0.2) is 24.3 Å². The zero-order valence-electron chi connectivity index (χ0n) is 11.0. The number of carboxylic acid groups (broad SMARTS) is 1. The maximum Gasteiger partial charge on any atom is 0.346 e. The van der Waals surface area contributed by atoms with Crippen molar-refractivity contribution in [2.24, 2.45) is 0 Å². The minimum atomic E-state index is -0.911. The largest absolute Gasteiger partial charge is 0.477 e. The van der Waals surface area contributed by atoms with E-state index in [1.54, 1.807) is 4.90 Å². The first-order chi connectivity index (χ1) is 9.66. The van der Waals surface area contributed by atoms with Crippen LogP contribution in [0, 0.1) is 0 Å². The van der Waals surface area contributed by atoms with Crippen molar-refractivity contribution in [1.29, 1.82) is 0 Å². The number of aromatic carboxylic acids is 1. The molecule has 2 heterocycles. The van der Waals surface area contributed by atoms with Gasteiger partial charge in [-0.2, -0.15) is 0 Å². The second kappa shape index (κ2) is 5.25. The number of fused-ring (bicyclic) bond motifs is 1. The first-order valence-corrected chi connectivity index (χ1v) is 7.50. The molecule has 20 heavy (non-hydrogen) atoms. The molecule has 5 heteroatoms. The van der Waals surface area contributed by atoms with Crippen LogP contribution in [0.25, 0.3) is 10.1 Å². The summed E-state index contributed by atoms with van der Waals surface area (Å²) in [6.07, 6.45) is 2.51. The molecular weight excluding hydrogens is 274 g/mol. The van der Waals surface area contributed by atoms with Gasteiger partial charge in [0.2, 0.25) is 5.91 Å². The van der Waals surface area contributed by atoms with Gasteiger partial charge in [0, 0.05) is 29.8 Å². The van der Waals surface area contributed by atoms with E-state index in [9.17, 15) is 14.7 Å². The Labute approximate surface area is 120 Å². The second-order valence-electron chi connectivity index (χ2n) is 4.98. The topological polar surface area (TPSA) is 57.6 Å². The Bertz CT molecular complexity index is 677. The van der Waals surface area contributed by atoms with E-state index >= 15 is 0 Å². The van der Waals surface area contributed by atoms with E-state index in [-0.39, 0.29) is 5.91 Å². The monoisotopic (exact) mass is 289 g/mol. The third-order valence-electron chi connectivity index (χ3n) is 3.66. The lowest BCUT2D eigenvalue weighted by Gasteiger charge is -2.26. The van der Waals surface area contributed by atoms with Crippen LogP contribution in [-0.2, 0) is 11.3 Å². The number of rotatable bonds is 3. The molecule has 104 valence electrons. The van der Waals surface area contributed by atoms with E-state index in [0.717, 1.165) is 35.0 Å². The minimum Gasteiger partial charge on any atom is -0.477 e. The maximum absolute atomic E-state index is 11.9. The van der Waals surface area contributed by atoms with Crippen molar-refractivity contribution >= 4 is 33.3 Å². The molecule has 0 bridgehead atoms. The van der Waals surface area contributed by atoms with Crippen molar-refractivity contribution in [1.82, 2.24) is 4.90 Å². The molecule has 1 N–H and O–H groups in total. The van der Waals surface area contributed by atoms with Gasteiger partial charge in [-0.25, -0.2) is 4.79 Å². The van der Waals surface area contributed by atoms with Gasteiger partial charge in [-0.3, -0.25) is 4.79 Å². The number of carbonyl (C=O) groups excluding carboxylic acids is 1. The van der Waals surface area contributed by atoms with Gasteiger partial charge in [-0.05, 0) is 24.3 Å². The molecule has 3 rings (SSSR count). The average molecular weight is 289 g/mol. The van der Waals surface area contributed by atoms with Crippen LogP contribution in [0.2, 0.25) is 0 Å². The summed E-state index contributed by atoms with van der Waals surface area (Å²) in [6, 6.07) is 7.67. The number of nitrogens with zero attached hydrogens (tertiary/aromatic N) is 1. The lowest BCUT2D eigenvalue weighted by molar-refractivity contribution is -0.133. The van der Waals surface area contributed by atoms with Gasteiger partial charge in [0.05, 0.1) is 0 Å². The molecule has 1 fully saturated rings. The first kappa shape index (κ1) is 13.1. The highest BCUT2D eigenvalue weighted by atomic mass is 32.1. The molecule has 0 saturated carbocycles.